The molecule has 1 fully saturated rings. The second kappa shape index (κ2) is 13.6. The number of thiazole rings is 1. The molecule has 2 amide bonds. The summed E-state index contributed by atoms with van der Waals surface area (Å²) in [5.41, 5.74) is -1.58. The van der Waals surface area contributed by atoms with Crippen molar-refractivity contribution in [3.05, 3.63) is 61.4 Å². The number of nitrogens with one attached hydrogen (secondary N) is 1. The first-order chi connectivity index (χ1) is 20.7. The molecule has 3 aromatic rings. The molecule has 3 heterocycles. The second-order valence-electron chi connectivity index (χ2n) is 9.81. The molecule has 4 rings (SSSR count). The lowest BCUT2D eigenvalue weighted by atomic mass is 9.96. The minimum Gasteiger partial charge on any atom is -0.465 e. The number of Topliss-reactive ketones (excluding diaryl/α,β-unsaturated/α-hetero) is 1. The van der Waals surface area contributed by atoms with Crippen LogP contribution in [0.1, 0.15) is 52.4 Å². The van der Waals surface area contributed by atoms with Gasteiger partial charge in [-0.05, 0) is 44.9 Å². The topological polar surface area (TPSA) is 123 Å². The Morgan fingerprint density at radius 2 is 1.86 bits per heavy atom. The number of ether oxygens (including phenoxy) is 1. The van der Waals surface area contributed by atoms with Gasteiger partial charge in [-0.25, -0.2) is 9.37 Å². The molecule has 1 N–H and O–H groups in total. The molecule has 1 aromatic carbocycles. The maximum absolute atomic E-state index is 14.5. The predicted molar refractivity (Wildman–Crippen MR) is 152 cm³/mol. The van der Waals surface area contributed by atoms with E-state index in [9.17, 15) is 36.7 Å². The summed E-state index contributed by atoms with van der Waals surface area (Å²) in [6.45, 7) is 3.07. The van der Waals surface area contributed by atoms with Gasteiger partial charge in [-0.2, -0.15) is 18.3 Å². The monoisotopic (exact) mass is 677 g/mol. The number of carbonyl (C=O) groups excluding carboxylic acids is 4. The standard InChI is InChI=1S/C27H25Cl2F4N5O5S/c1-3-43-26(42)21(23(40)20-16(30)5-4-15(28)22(20)29)24(41)34-18-12-44-25(35-18)14-6-8-37(9-7-14)19(39)11-38-13(2)10-17(36-38)27(31,32)33/h4-5,10,12,14,21H,3,6-9,11H2,1-2H3,(H,34,41). The van der Waals surface area contributed by atoms with E-state index >= 15 is 0 Å². The van der Waals surface area contributed by atoms with Gasteiger partial charge in [-0.3, -0.25) is 23.9 Å². The number of hydrogen-bond acceptors (Lipinski definition) is 8. The summed E-state index contributed by atoms with van der Waals surface area (Å²) >= 11 is 13.1. The average molecular weight is 678 g/mol. The number of alkyl halides is 3. The fourth-order valence-corrected chi connectivity index (χ4v) is 5.93. The molecular formula is C27H25Cl2F4N5O5S. The zero-order chi connectivity index (χ0) is 32.3. The average Bonchev–Trinajstić information content (AvgIpc) is 3.58. The summed E-state index contributed by atoms with van der Waals surface area (Å²) in [5, 5.41) is 7.42. The van der Waals surface area contributed by atoms with Crippen LogP contribution in [0.4, 0.5) is 23.4 Å². The maximum atomic E-state index is 14.5. The molecule has 2 aromatic heterocycles. The molecule has 0 spiro atoms. The van der Waals surface area contributed by atoms with Crippen molar-refractivity contribution in [2.75, 3.05) is 25.0 Å². The summed E-state index contributed by atoms with van der Waals surface area (Å²) in [4.78, 5) is 57.5. The molecule has 0 bridgehead atoms. The lowest BCUT2D eigenvalue weighted by Crippen LogP contribution is -2.40. The highest BCUT2D eigenvalue weighted by Crippen LogP contribution is 2.33. The number of nitrogens with zero attached hydrogens (tertiary/aromatic N) is 4. The van der Waals surface area contributed by atoms with Crippen LogP contribution in [0.15, 0.2) is 23.6 Å². The van der Waals surface area contributed by atoms with E-state index in [1.165, 1.54) is 35.5 Å². The Balaban J connectivity index is 1.40. The summed E-state index contributed by atoms with van der Waals surface area (Å²) in [7, 11) is 0. The first-order valence-corrected chi connectivity index (χ1v) is 14.8. The van der Waals surface area contributed by atoms with Crippen LogP contribution < -0.4 is 5.32 Å². The second-order valence-corrected chi connectivity index (χ2v) is 11.5. The van der Waals surface area contributed by atoms with E-state index in [0.717, 1.165) is 22.9 Å². The molecule has 17 heteroatoms. The van der Waals surface area contributed by atoms with E-state index in [4.69, 9.17) is 27.9 Å². The van der Waals surface area contributed by atoms with Crippen molar-refractivity contribution in [3.63, 3.8) is 0 Å². The third-order valence-corrected chi connectivity index (χ3v) is 8.68. The zero-order valence-electron chi connectivity index (χ0n) is 23.2. The molecule has 10 nitrogen and oxygen atoms in total. The molecule has 0 aliphatic carbocycles. The number of aryl methyl sites for hydroxylation is 1. The summed E-state index contributed by atoms with van der Waals surface area (Å²) < 4.78 is 59.3. The van der Waals surface area contributed by atoms with Gasteiger partial charge in [0, 0.05) is 30.1 Å². The van der Waals surface area contributed by atoms with Crippen LogP contribution in [0, 0.1) is 18.7 Å². The first-order valence-electron chi connectivity index (χ1n) is 13.2. The number of likely N-dealkylation sites (tertiary alicyclic amines) is 1. The molecular weight excluding hydrogens is 653 g/mol. The number of piperidine rings is 1. The Bertz CT molecular complexity index is 1590. The van der Waals surface area contributed by atoms with Crippen LogP contribution in [0.5, 0.6) is 0 Å². The molecule has 1 saturated heterocycles. The molecule has 1 unspecified atom stereocenters. The highest BCUT2D eigenvalue weighted by Gasteiger charge is 2.39. The highest BCUT2D eigenvalue weighted by molar-refractivity contribution is 7.10. The van der Waals surface area contributed by atoms with Crippen molar-refractivity contribution in [3.8, 4) is 0 Å². The molecule has 236 valence electrons. The van der Waals surface area contributed by atoms with Crippen molar-refractivity contribution >= 4 is 63.9 Å². The largest absolute Gasteiger partial charge is 0.465 e. The minimum absolute atomic E-state index is 0.0443. The lowest BCUT2D eigenvalue weighted by Gasteiger charge is -2.31. The number of hydrogen-bond donors (Lipinski definition) is 1. The number of amides is 2. The molecule has 1 atom stereocenters. The summed E-state index contributed by atoms with van der Waals surface area (Å²) in [6.07, 6.45) is -3.62. The van der Waals surface area contributed by atoms with E-state index < -0.39 is 51.9 Å². The zero-order valence-corrected chi connectivity index (χ0v) is 25.5. The van der Waals surface area contributed by atoms with Gasteiger partial charge in [0.25, 0.3) is 0 Å². The van der Waals surface area contributed by atoms with E-state index in [0.29, 0.717) is 30.9 Å². The van der Waals surface area contributed by atoms with Crippen LogP contribution in [0.25, 0.3) is 0 Å². The van der Waals surface area contributed by atoms with Crippen LogP contribution in [0.3, 0.4) is 0 Å². The minimum atomic E-state index is -4.61. The fraction of sp³-hybridized carbons (Fsp3) is 0.407. The Morgan fingerprint density at radius 1 is 1.18 bits per heavy atom. The Morgan fingerprint density at radius 3 is 2.48 bits per heavy atom. The van der Waals surface area contributed by atoms with Crippen LogP contribution in [-0.2, 0) is 31.8 Å². The Labute approximate surface area is 262 Å². The highest BCUT2D eigenvalue weighted by atomic mass is 35.5. The molecule has 1 aliphatic rings. The van der Waals surface area contributed by atoms with Gasteiger partial charge in [0.15, 0.2) is 17.4 Å². The van der Waals surface area contributed by atoms with Gasteiger partial charge < -0.3 is 15.0 Å². The quantitative estimate of drug-likeness (QED) is 0.104. The number of aromatic nitrogens is 3. The third-order valence-electron chi connectivity index (χ3n) is 6.86. The van der Waals surface area contributed by atoms with E-state index in [-0.39, 0.29) is 41.5 Å². The molecule has 0 radical (unpaired) electrons. The van der Waals surface area contributed by atoms with Gasteiger partial charge in [-0.15, -0.1) is 11.3 Å². The predicted octanol–water partition coefficient (Wildman–Crippen LogP) is 5.52. The lowest BCUT2D eigenvalue weighted by molar-refractivity contribution is -0.148. The van der Waals surface area contributed by atoms with Gasteiger partial charge in [0.05, 0.1) is 27.2 Å². The van der Waals surface area contributed by atoms with Gasteiger partial charge in [0.2, 0.25) is 11.8 Å². The molecule has 44 heavy (non-hydrogen) atoms. The van der Waals surface area contributed by atoms with E-state index in [1.54, 1.807) is 0 Å². The van der Waals surface area contributed by atoms with Crippen molar-refractivity contribution in [1.82, 2.24) is 19.7 Å². The fourth-order valence-electron chi connectivity index (χ4n) is 4.60. The number of anilines is 1. The van der Waals surface area contributed by atoms with Crippen LogP contribution >= 0.6 is 34.5 Å². The van der Waals surface area contributed by atoms with Gasteiger partial charge in [-0.1, -0.05) is 23.2 Å². The van der Waals surface area contributed by atoms with Crippen molar-refractivity contribution in [2.24, 2.45) is 5.92 Å². The van der Waals surface area contributed by atoms with E-state index in [2.05, 4.69) is 15.4 Å². The Hall–Kier alpha value is -3.56. The number of esters is 1. The first kappa shape index (κ1) is 33.3. The number of halogens is 6. The van der Waals surface area contributed by atoms with Gasteiger partial charge >= 0.3 is 12.1 Å². The van der Waals surface area contributed by atoms with Crippen molar-refractivity contribution in [1.29, 1.82) is 0 Å². The van der Waals surface area contributed by atoms with Crippen LogP contribution in [-0.4, -0.2) is 62.9 Å². The third kappa shape index (κ3) is 7.38. The van der Waals surface area contributed by atoms with Gasteiger partial charge in [0.1, 0.15) is 18.2 Å². The van der Waals surface area contributed by atoms with E-state index in [1.807, 2.05) is 0 Å². The molecule has 0 saturated carbocycles. The normalized spacial score (nSPS) is 14.8. The molecule has 1 aliphatic heterocycles. The van der Waals surface area contributed by atoms with Crippen LogP contribution in [0.2, 0.25) is 10.0 Å². The maximum Gasteiger partial charge on any atom is 0.435 e. The number of ketones is 1. The number of rotatable bonds is 9. The number of benzene rings is 1. The van der Waals surface area contributed by atoms with Crippen molar-refractivity contribution < 1.29 is 41.5 Å². The van der Waals surface area contributed by atoms with Crippen molar-refractivity contribution in [2.45, 2.75) is 45.3 Å². The Kier molecular flexibility index (Phi) is 10.3. The smallest absolute Gasteiger partial charge is 0.435 e. The summed E-state index contributed by atoms with van der Waals surface area (Å²) in [6, 6.07) is 2.89. The number of carbonyl (C=O) groups is 4. The SMILES string of the molecule is CCOC(=O)C(C(=O)Nc1csc(C2CCN(C(=O)Cn3nc(C(F)(F)F)cc3C)CC2)n1)C(=O)c1c(F)ccc(Cl)c1Cl. The summed E-state index contributed by atoms with van der Waals surface area (Å²) in [5.74, 6) is -7.15.